The van der Waals surface area contributed by atoms with Crippen LogP contribution in [0.15, 0.2) is 67.4 Å². The molecule has 0 fully saturated rings. The number of phenols is 1. The Balaban J connectivity index is 0.00000433. The summed E-state index contributed by atoms with van der Waals surface area (Å²) < 4.78 is 75.4. The largest absolute Gasteiger partial charge is 1.00 e. The van der Waals surface area contributed by atoms with Crippen molar-refractivity contribution in [3.05, 3.63) is 47.7 Å². The number of hydrogen-bond acceptors (Lipinski definition) is 23. The van der Waals surface area contributed by atoms with Crippen LogP contribution in [0.1, 0.15) is 0 Å². The van der Waals surface area contributed by atoms with Crippen LogP contribution in [0.5, 0.6) is 5.75 Å². The zero-order valence-electron chi connectivity index (χ0n) is 26.0. The molecule has 0 bridgehead atoms. The maximum Gasteiger partial charge on any atom is 1.00 e. The molecule has 0 atom stereocenters. The molecular weight excluding hydrogens is 817 g/mol. The smallest absolute Gasteiger partial charge is 0.744 e. The summed E-state index contributed by atoms with van der Waals surface area (Å²) in [5.41, 5.74) is -0.660. The number of aromatic hydroxyl groups is 1. The first-order chi connectivity index (χ1) is 22.9. The summed E-state index contributed by atoms with van der Waals surface area (Å²) in [5, 5.41) is 58.2. The van der Waals surface area contributed by atoms with E-state index >= 15 is 0 Å². The summed E-state index contributed by atoms with van der Waals surface area (Å²) in [6, 6.07) is 8.30. The second-order valence-electron chi connectivity index (χ2n) is 8.44. The standard InChI is InChI=1S/C22H17ClN8O13S4.3Na/c23-20-27-21(25-10-24)29-22(28-20)26-15-6-5-13-14(19(15)48(37,38)39)9-16(45-43-41-33)17(18(13)32)31-30-11-1-3-12(4-2-11)47(35,36)8-7-40-46-44-42-34;;;/h1-6,9,32-34H,7-8H2,(H,37,38,39)(H2,25,26,27,28,29);;;/q;3*+1/p-3. The van der Waals surface area contributed by atoms with Crippen LogP contribution in [0.4, 0.5) is 29.0 Å². The van der Waals surface area contributed by atoms with Crippen LogP contribution in [-0.4, -0.2) is 53.8 Å². The van der Waals surface area contributed by atoms with Gasteiger partial charge in [-0.2, -0.15) is 29.7 Å². The normalized spacial score (nSPS) is 11.3. The minimum absolute atomic E-state index is 0. The number of sulfone groups is 1. The minimum Gasteiger partial charge on any atom is -0.744 e. The molecule has 51 heavy (non-hydrogen) atoms. The summed E-state index contributed by atoms with van der Waals surface area (Å²) in [4.78, 5) is 10.0. The van der Waals surface area contributed by atoms with Crippen LogP contribution < -0.4 is 110 Å². The van der Waals surface area contributed by atoms with E-state index in [2.05, 4.69) is 54.6 Å². The number of nitrogens with zero attached hydrogens (tertiary/aromatic N) is 6. The molecule has 0 saturated carbocycles. The van der Waals surface area contributed by atoms with Crippen molar-refractivity contribution in [3.8, 4) is 11.9 Å². The predicted octanol–water partition coefficient (Wildman–Crippen LogP) is -6.84. The Morgan fingerprint density at radius 2 is 1.61 bits per heavy atom. The van der Waals surface area contributed by atoms with Gasteiger partial charge in [0.05, 0.1) is 50.5 Å². The van der Waals surface area contributed by atoms with Gasteiger partial charge in [0, 0.05) is 10.8 Å². The van der Waals surface area contributed by atoms with Crippen molar-refractivity contribution in [2.24, 2.45) is 10.2 Å². The van der Waals surface area contributed by atoms with Crippen molar-refractivity contribution in [3.63, 3.8) is 0 Å². The van der Waals surface area contributed by atoms with Crippen LogP contribution in [0, 0.1) is 11.5 Å². The molecule has 29 heteroatoms. The Bertz CT molecular complexity index is 2100. The molecule has 0 aliphatic heterocycles. The Hall–Kier alpha value is -1.01. The van der Waals surface area contributed by atoms with E-state index in [1.807, 2.05) is 0 Å². The second-order valence-corrected chi connectivity index (χ2v) is 13.4. The minimum atomic E-state index is -5.33. The third kappa shape index (κ3) is 13.4. The molecule has 3 aromatic carbocycles. The first-order valence-electron chi connectivity index (χ1n) is 12.1. The fourth-order valence-corrected chi connectivity index (χ4v) is 6.64. The van der Waals surface area contributed by atoms with Gasteiger partial charge in [0.1, 0.15) is 15.8 Å². The van der Waals surface area contributed by atoms with E-state index in [0.29, 0.717) is 0 Å². The number of halogens is 1. The average molecular weight is 831 g/mol. The number of azo groups is 1. The molecule has 1 heterocycles. The van der Waals surface area contributed by atoms with Gasteiger partial charge in [-0.15, -0.1) is 9.45 Å². The van der Waals surface area contributed by atoms with Gasteiger partial charge in [-0.25, -0.2) is 16.8 Å². The Labute approximate surface area is 367 Å². The van der Waals surface area contributed by atoms with Gasteiger partial charge in [0.25, 0.3) is 0 Å². The third-order valence-corrected chi connectivity index (χ3v) is 9.40. The molecule has 4 aromatic rings. The molecule has 0 unspecified atom stereocenters. The summed E-state index contributed by atoms with van der Waals surface area (Å²) in [6.07, 6.45) is 1.57. The molecule has 0 amide bonds. The second kappa shape index (κ2) is 22.4. The number of aromatic nitrogens is 3. The molecule has 0 saturated heterocycles. The van der Waals surface area contributed by atoms with Crippen LogP contribution in [0.25, 0.3) is 10.8 Å². The molecular formula is C22H14ClN8Na3O13S4. The maximum absolute atomic E-state index is 12.5. The van der Waals surface area contributed by atoms with Crippen molar-refractivity contribution in [1.82, 2.24) is 15.0 Å². The Morgan fingerprint density at radius 3 is 2.24 bits per heavy atom. The molecule has 0 aliphatic rings. The molecule has 21 nitrogen and oxygen atoms in total. The molecule has 0 radical (unpaired) electrons. The van der Waals surface area contributed by atoms with Crippen molar-refractivity contribution in [2.75, 3.05) is 23.0 Å². The van der Waals surface area contributed by atoms with Crippen LogP contribution in [-0.2, 0) is 42.9 Å². The Kier molecular flexibility index (Phi) is 21.1. The van der Waals surface area contributed by atoms with E-state index in [9.17, 15) is 37.0 Å². The molecule has 0 aliphatic carbocycles. The van der Waals surface area contributed by atoms with Crippen LogP contribution in [0.2, 0.25) is 5.28 Å². The predicted molar refractivity (Wildman–Crippen MR) is 157 cm³/mol. The van der Waals surface area contributed by atoms with Gasteiger partial charge in [0.2, 0.25) is 17.2 Å². The summed E-state index contributed by atoms with van der Waals surface area (Å²) in [6.45, 7) is -0.339. The van der Waals surface area contributed by atoms with E-state index in [1.165, 1.54) is 30.3 Å². The molecule has 0 spiro atoms. The van der Waals surface area contributed by atoms with E-state index in [-0.39, 0.29) is 169 Å². The quantitative estimate of drug-likeness (QED) is 0.0109. The first kappa shape index (κ1) is 48.0. The molecule has 254 valence electrons. The van der Waals surface area contributed by atoms with E-state index < -0.39 is 41.6 Å². The topological polar surface area (TPSA) is 315 Å². The Morgan fingerprint density at radius 1 is 0.941 bits per heavy atom. The van der Waals surface area contributed by atoms with Gasteiger partial charge in [-0.1, -0.05) is 0 Å². The van der Waals surface area contributed by atoms with Crippen LogP contribution in [0.3, 0.4) is 0 Å². The van der Waals surface area contributed by atoms with E-state index in [4.69, 9.17) is 21.0 Å². The number of fused-ring (bicyclic) bond motifs is 1. The van der Waals surface area contributed by atoms with Crippen molar-refractivity contribution >= 4 is 95.7 Å². The third-order valence-electron chi connectivity index (χ3n) is 5.61. The molecule has 4 rings (SSSR count). The van der Waals surface area contributed by atoms with E-state index in [0.717, 1.165) is 12.1 Å². The van der Waals surface area contributed by atoms with Crippen molar-refractivity contribution in [1.29, 1.82) is 5.26 Å². The number of rotatable bonds is 16. The summed E-state index contributed by atoms with van der Waals surface area (Å²) in [5.74, 6) is -1.85. The summed E-state index contributed by atoms with van der Waals surface area (Å²) >= 11 is 6.17. The maximum atomic E-state index is 12.5. The summed E-state index contributed by atoms with van der Waals surface area (Å²) in [7, 11) is -9.16. The number of nitriles is 1. The SMILES string of the molecule is N#CNc1nc(Cl)nc(Nc2ccc3c(O)c(N=Nc4ccc(S(=O)(=O)CCOSOO[O-])cc4)c(SOO[O-])cc3c2S(=O)(=O)[O-])n1.[Na+].[Na+].[Na+]. The number of nitrogens with one attached hydrogen (secondary N) is 2. The zero-order chi connectivity index (χ0) is 34.9. The number of anilines is 3. The van der Waals surface area contributed by atoms with Gasteiger partial charge >= 0.3 is 88.7 Å². The fraction of sp³-hybridized carbons (Fsp3) is 0.0909. The monoisotopic (exact) mass is 830 g/mol. The number of phenolic OH excluding ortho intramolecular Hbond substituents is 1. The van der Waals surface area contributed by atoms with E-state index in [1.54, 1.807) is 6.19 Å². The van der Waals surface area contributed by atoms with Crippen molar-refractivity contribution in [2.45, 2.75) is 14.7 Å². The number of benzene rings is 3. The van der Waals surface area contributed by atoms with Crippen LogP contribution >= 0.6 is 36.0 Å². The van der Waals surface area contributed by atoms with Gasteiger partial charge in [-0.05, 0) is 54.1 Å². The van der Waals surface area contributed by atoms with Gasteiger partial charge in [0.15, 0.2) is 34.1 Å². The molecule has 3 N–H and O–H groups in total. The first-order valence-corrected chi connectivity index (χ1v) is 17.0. The average Bonchev–Trinajstić information content (AvgIpc) is 3.02. The fourth-order valence-electron chi connectivity index (χ4n) is 3.76. The zero-order valence-corrected chi connectivity index (χ0v) is 36.0. The van der Waals surface area contributed by atoms with Gasteiger partial charge < -0.3 is 25.5 Å². The molecule has 1 aromatic heterocycles. The van der Waals surface area contributed by atoms with Gasteiger partial charge in [-0.3, -0.25) is 19.6 Å². The van der Waals surface area contributed by atoms with Crippen molar-refractivity contribution < 1.29 is 149 Å². The number of hydrogen-bond donors (Lipinski definition) is 3.